The Balaban J connectivity index is 2.43. The molecule has 1 heteroatoms. The van der Waals surface area contributed by atoms with Crippen molar-refractivity contribution in [2.24, 2.45) is 0 Å². The summed E-state index contributed by atoms with van der Waals surface area (Å²) in [5.41, 5.74) is 1.45. The molecular formula is C13H15N. The van der Waals surface area contributed by atoms with E-state index in [1.54, 1.807) is 0 Å². The quantitative estimate of drug-likeness (QED) is 0.712. The van der Waals surface area contributed by atoms with Gasteiger partial charge in [-0.25, -0.2) is 0 Å². The van der Waals surface area contributed by atoms with Crippen LogP contribution in [0.2, 0.25) is 0 Å². The molecule has 1 nitrogen and oxygen atoms in total. The maximum Gasteiger partial charge on any atom is 0.0346 e. The fourth-order valence-electron chi connectivity index (χ4n) is 1.77. The molecule has 0 unspecified atom stereocenters. The number of hydrogen-bond donors (Lipinski definition) is 0. The van der Waals surface area contributed by atoms with Crippen LogP contribution in [0.25, 0.3) is 10.8 Å². The van der Waals surface area contributed by atoms with E-state index in [9.17, 15) is 0 Å². The van der Waals surface area contributed by atoms with Crippen LogP contribution >= 0.6 is 0 Å². The predicted octanol–water partition coefficient (Wildman–Crippen LogP) is 3.58. The number of benzene rings is 1. The van der Waals surface area contributed by atoms with Gasteiger partial charge in [0.05, 0.1) is 0 Å². The Labute approximate surface area is 84.8 Å². The van der Waals surface area contributed by atoms with Crippen LogP contribution in [-0.2, 0) is 6.42 Å². The highest BCUT2D eigenvalue weighted by Crippen LogP contribution is 2.18. The SMILES string of the molecule is CCCCc1cccc2cnccc12. The minimum atomic E-state index is 1.18. The molecule has 1 heterocycles. The normalized spacial score (nSPS) is 10.6. The Kier molecular flexibility index (Phi) is 2.78. The molecule has 0 spiro atoms. The molecule has 0 saturated heterocycles. The molecule has 0 radical (unpaired) electrons. The molecule has 0 atom stereocenters. The van der Waals surface area contributed by atoms with E-state index in [0.29, 0.717) is 0 Å². The van der Waals surface area contributed by atoms with E-state index in [2.05, 4.69) is 36.2 Å². The molecule has 0 saturated carbocycles. The number of rotatable bonds is 3. The number of aromatic nitrogens is 1. The zero-order valence-corrected chi connectivity index (χ0v) is 8.53. The topological polar surface area (TPSA) is 12.9 Å². The lowest BCUT2D eigenvalue weighted by Gasteiger charge is -2.04. The summed E-state index contributed by atoms with van der Waals surface area (Å²) in [4.78, 5) is 4.13. The number of hydrogen-bond acceptors (Lipinski definition) is 1. The van der Waals surface area contributed by atoms with Crippen molar-refractivity contribution in [2.45, 2.75) is 26.2 Å². The third-order valence-electron chi connectivity index (χ3n) is 2.57. The molecular weight excluding hydrogens is 170 g/mol. The van der Waals surface area contributed by atoms with Crippen LogP contribution < -0.4 is 0 Å². The summed E-state index contributed by atoms with van der Waals surface area (Å²) in [6, 6.07) is 8.57. The second kappa shape index (κ2) is 4.23. The van der Waals surface area contributed by atoms with Crippen molar-refractivity contribution in [2.75, 3.05) is 0 Å². The molecule has 2 rings (SSSR count). The first kappa shape index (κ1) is 9.20. The fourth-order valence-corrected chi connectivity index (χ4v) is 1.77. The van der Waals surface area contributed by atoms with E-state index in [1.165, 1.54) is 35.6 Å². The Hall–Kier alpha value is -1.37. The van der Waals surface area contributed by atoms with Crippen LogP contribution in [0, 0.1) is 0 Å². The van der Waals surface area contributed by atoms with Gasteiger partial charge in [0.25, 0.3) is 0 Å². The molecule has 0 aliphatic heterocycles. The van der Waals surface area contributed by atoms with E-state index >= 15 is 0 Å². The fraction of sp³-hybridized carbons (Fsp3) is 0.308. The minimum Gasteiger partial charge on any atom is -0.264 e. The highest BCUT2D eigenvalue weighted by molar-refractivity contribution is 5.84. The first-order chi connectivity index (χ1) is 6.92. The van der Waals surface area contributed by atoms with Crippen molar-refractivity contribution in [3.8, 4) is 0 Å². The zero-order valence-electron chi connectivity index (χ0n) is 8.53. The van der Waals surface area contributed by atoms with E-state index in [1.807, 2.05) is 12.4 Å². The summed E-state index contributed by atoms with van der Waals surface area (Å²) >= 11 is 0. The van der Waals surface area contributed by atoms with Crippen molar-refractivity contribution < 1.29 is 0 Å². The molecule has 72 valence electrons. The smallest absolute Gasteiger partial charge is 0.0346 e. The number of aryl methyl sites for hydroxylation is 1. The number of pyridine rings is 1. The third kappa shape index (κ3) is 1.77. The Bertz CT molecular complexity index is 415. The maximum atomic E-state index is 4.13. The maximum absolute atomic E-state index is 4.13. The van der Waals surface area contributed by atoms with Gasteiger partial charge in [-0.15, -0.1) is 0 Å². The molecule has 0 amide bonds. The van der Waals surface area contributed by atoms with Crippen molar-refractivity contribution in [1.82, 2.24) is 4.98 Å². The summed E-state index contributed by atoms with van der Waals surface area (Å²) in [6.45, 7) is 2.23. The molecule has 1 aromatic carbocycles. The molecule has 0 fully saturated rings. The summed E-state index contributed by atoms with van der Waals surface area (Å²) in [5.74, 6) is 0. The van der Waals surface area contributed by atoms with Gasteiger partial charge in [-0.1, -0.05) is 31.5 Å². The second-order valence-corrected chi connectivity index (χ2v) is 3.62. The summed E-state index contributed by atoms with van der Waals surface area (Å²) in [6.07, 6.45) is 7.50. The van der Waals surface area contributed by atoms with Crippen molar-refractivity contribution >= 4 is 10.8 Å². The monoisotopic (exact) mass is 185 g/mol. The van der Waals surface area contributed by atoms with E-state index < -0.39 is 0 Å². The first-order valence-electron chi connectivity index (χ1n) is 5.23. The van der Waals surface area contributed by atoms with Crippen molar-refractivity contribution in [3.05, 3.63) is 42.2 Å². The van der Waals surface area contributed by atoms with E-state index in [-0.39, 0.29) is 0 Å². The number of unbranched alkanes of at least 4 members (excludes halogenated alkanes) is 1. The van der Waals surface area contributed by atoms with Gasteiger partial charge >= 0.3 is 0 Å². The summed E-state index contributed by atoms with van der Waals surface area (Å²) < 4.78 is 0. The lowest BCUT2D eigenvalue weighted by Crippen LogP contribution is -1.87. The molecule has 0 aliphatic rings. The van der Waals surface area contributed by atoms with E-state index in [0.717, 1.165) is 0 Å². The summed E-state index contributed by atoms with van der Waals surface area (Å²) in [5, 5.41) is 2.61. The third-order valence-corrected chi connectivity index (χ3v) is 2.57. The van der Waals surface area contributed by atoms with Crippen LogP contribution in [0.5, 0.6) is 0 Å². The average molecular weight is 185 g/mol. The van der Waals surface area contributed by atoms with Gasteiger partial charge < -0.3 is 0 Å². The largest absolute Gasteiger partial charge is 0.264 e. The van der Waals surface area contributed by atoms with Gasteiger partial charge in [0.1, 0.15) is 0 Å². The molecule has 2 aromatic rings. The van der Waals surface area contributed by atoms with Gasteiger partial charge in [-0.05, 0) is 29.9 Å². The Morgan fingerprint density at radius 2 is 2.14 bits per heavy atom. The van der Waals surface area contributed by atoms with Crippen molar-refractivity contribution in [3.63, 3.8) is 0 Å². The van der Waals surface area contributed by atoms with Crippen molar-refractivity contribution in [1.29, 1.82) is 0 Å². The summed E-state index contributed by atoms with van der Waals surface area (Å²) in [7, 11) is 0. The first-order valence-corrected chi connectivity index (χ1v) is 5.23. The Morgan fingerprint density at radius 1 is 1.21 bits per heavy atom. The second-order valence-electron chi connectivity index (χ2n) is 3.62. The Morgan fingerprint density at radius 3 is 3.00 bits per heavy atom. The molecule has 1 aromatic heterocycles. The van der Waals surface area contributed by atoms with Gasteiger partial charge in [0.15, 0.2) is 0 Å². The van der Waals surface area contributed by atoms with Gasteiger partial charge in [0.2, 0.25) is 0 Å². The highest BCUT2D eigenvalue weighted by atomic mass is 14.6. The van der Waals surface area contributed by atoms with Gasteiger partial charge in [-0.3, -0.25) is 4.98 Å². The number of fused-ring (bicyclic) bond motifs is 1. The van der Waals surface area contributed by atoms with Crippen LogP contribution in [0.3, 0.4) is 0 Å². The van der Waals surface area contributed by atoms with Crippen LogP contribution in [0.15, 0.2) is 36.7 Å². The van der Waals surface area contributed by atoms with Crippen LogP contribution in [-0.4, -0.2) is 4.98 Å². The molecule has 0 N–H and O–H groups in total. The van der Waals surface area contributed by atoms with Crippen LogP contribution in [0.4, 0.5) is 0 Å². The minimum absolute atomic E-state index is 1.18. The van der Waals surface area contributed by atoms with Crippen LogP contribution in [0.1, 0.15) is 25.3 Å². The lowest BCUT2D eigenvalue weighted by molar-refractivity contribution is 0.799. The zero-order chi connectivity index (χ0) is 9.80. The number of nitrogens with zero attached hydrogens (tertiary/aromatic N) is 1. The highest BCUT2D eigenvalue weighted by Gasteiger charge is 1.98. The molecule has 0 aliphatic carbocycles. The molecule has 14 heavy (non-hydrogen) atoms. The predicted molar refractivity (Wildman–Crippen MR) is 60.4 cm³/mol. The average Bonchev–Trinajstić information content (AvgIpc) is 2.26. The standard InChI is InChI=1S/C13H15N/c1-2-3-5-11-6-4-7-12-10-14-9-8-13(11)12/h4,6-10H,2-3,5H2,1H3. The lowest BCUT2D eigenvalue weighted by atomic mass is 10.0. The van der Waals surface area contributed by atoms with Gasteiger partial charge in [0, 0.05) is 17.8 Å². The molecule has 0 bridgehead atoms. The van der Waals surface area contributed by atoms with Gasteiger partial charge in [-0.2, -0.15) is 0 Å². The van der Waals surface area contributed by atoms with E-state index in [4.69, 9.17) is 0 Å².